The lowest BCUT2D eigenvalue weighted by atomic mass is 9.99. The average molecular weight is 265 g/mol. The molecular formula is C14H27N5. The van der Waals surface area contributed by atoms with Crippen LogP contribution >= 0.6 is 0 Å². The number of aromatic nitrogens is 3. The third-order valence-electron chi connectivity index (χ3n) is 3.90. The van der Waals surface area contributed by atoms with E-state index < -0.39 is 0 Å². The van der Waals surface area contributed by atoms with Crippen molar-refractivity contribution in [3.8, 4) is 0 Å². The first-order chi connectivity index (χ1) is 9.35. The number of rotatable bonds is 6. The van der Waals surface area contributed by atoms with Crippen molar-refractivity contribution >= 4 is 5.95 Å². The average Bonchev–Trinajstić information content (AvgIpc) is 2.75. The first-order valence-corrected chi connectivity index (χ1v) is 7.73. The predicted molar refractivity (Wildman–Crippen MR) is 78.6 cm³/mol. The Labute approximate surface area is 116 Å². The Kier molecular flexibility index (Phi) is 5.63. The summed E-state index contributed by atoms with van der Waals surface area (Å²) >= 11 is 0. The molecule has 2 rings (SSSR count). The van der Waals surface area contributed by atoms with Crippen LogP contribution in [0.3, 0.4) is 0 Å². The quantitative estimate of drug-likeness (QED) is 0.828. The Morgan fingerprint density at radius 3 is 2.95 bits per heavy atom. The van der Waals surface area contributed by atoms with Gasteiger partial charge in [0.15, 0.2) is 0 Å². The van der Waals surface area contributed by atoms with E-state index in [9.17, 15) is 0 Å². The molecule has 1 saturated heterocycles. The zero-order valence-electron chi connectivity index (χ0n) is 12.3. The highest BCUT2D eigenvalue weighted by Crippen LogP contribution is 2.23. The lowest BCUT2D eigenvalue weighted by Crippen LogP contribution is -2.28. The molecule has 1 unspecified atom stereocenters. The minimum absolute atomic E-state index is 0.534. The first kappa shape index (κ1) is 14.3. The van der Waals surface area contributed by atoms with E-state index in [2.05, 4.69) is 34.3 Å². The Balaban J connectivity index is 1.99. The normalized spacial score (nSPS) is 18.3. The lowest BCUT2D eigenvalue weighted by Gasteiger charge is -2.17. The monoisotopic (exact) mass is 265 g/mol. The van der Waals surface area contributed by atoms with Gasteiger partial charge in [0.2, 0.25) is 5.95 Å². The van der Waals surface area contributed by atoms with E-state index >= 15 is 0 Å². The molecule has 0 bridgehead atoms. The molecule has 5 heteroatoms. The largest absolute Gasteiger partial charge is 0.338 e. The van der Waals surface area contributed by atoms with Gasteiger partial charge in [0.05, 0.1) is 0 Å². The third kappa shape index (κ3) is 3.93. The van der Waals surface area contributed by atoms with E-state index in [4.69, 9.17) is 4.98 Å². The molecule has 2 N–H and O–H groups in total. The molecule has 2 heterocycles. The van der Waals surface area contributed by atoms with E-state index in [1.807, 2.05) is 0 Å². The lowest BCUT2D eigenvalue weighted by molar-refractivity contribution is 0.545. The highest BCUT2D eigenvalue weighted by atomic mass is 15.4. The second-order valence-corrected chi connectivity index (χ2v) is 5.36. The van der Waals surface area contributed by atoms with Gasteiger partial charge >= 0.3 is 0 Å². The summed E-state index contributed by atoms with van der Waals surface area (Å²) in [6.07, 6.45) is 6.02. The number of hydrogen-bond acceptors (Lipinski definition) is 4. The minimum Gasteiger partial charge on any atom is -0.338 e. The number of unbranched alkanes of at least 4 members (excludes halogenated alkanes) is 1. The summed E-state index contributed by atoms with van der Waals surface area (Å²) < 4.78 is 0. The van der Waals surface area contributed by atoms with Crippen LogP contribution in [0.15, 0.2) is 0 Å². The van der Waals surface area contributed by atoms with Crippen LogP contribution in [0.2, 0.25) is 0 Å². The zero-order valence-corrected chi connectivity index (χ0v) is 12.3. The van der Waals surface area contributed by atoms with Crippen LogP contribution in [0.25, 0.3) is 0 Å². The van der Waals surface area contributed by atoms with Gasteiger partial charge in [-0.15, -0.1) is 5.10 Å². The molecule has 1 aliphatic rings. The highest BCUT2D eigenvalue weighted by molar-refractivity contribution is 5.29. The van der Waals surface area contributed by atoms with Crippen LogP contribution in [-0.4, -0.2) is 41.4 Å². The summed E-state index contributed by atoms with van der Waals surface area (Å²) in [6, 6.07) is 0. The van der Waals surface area contributed by atoms with E-state index in [-0.39, 0.29) is 0 Å². The summed E-state index contributed by atoms with van der Waals surface area (Å²) in [5.41, 5.74) is 0. The molecule has 0 aromatic carbocycles. The van der Waals surface area contributed by atoms with Crippen molar-refractivity contribution in [1.29, 1.82) is 0 Å². The topological polar surface area (TPSA) is 56.8 Å². The zero-order chi connectivity index (χ0) is 13.5. The molecule has 0 aliphatic carbocycles. The smallest absolute Gasteiger partial charge is 0.244 e. The van der Waals surface area contributed by atoms with Gasteiger partial charge in [-0.3, -0.25) is 5.10 Å². The van der Waals surface area contributed by atoms with Gasteiger partial charge < -0.3 is 10.2 Å². The molecule has 0 radical (unpaired) electrons. The van der Waals surface area contributed by atoms with E-state index in [0.29, 0.717) is 5.92 Å². The van der Waals surface area contributed by atoms with Crippen LogP contribution in [0.1, 0.15) is 57.7 Å². The van der Waals surface area contributed by atoms with Crippen molar-refractivity contribution in [1.82, 2.24) is 20.5 Å². The number of aromatic amines is 1. The van der Waals surface area contributed by atoms with E-state index in [0.717, 1.165) is 50.8 Å². The summed E-state index contributed by atoms with van der Waals surface area (Å²) in [4.78, 5) is 7.02. The SMILES string of the molecule is CCCCC(CC)c1nc(N2CCCNCC2)n[nH]1. The number of hydrogen-bond donors (Lipinski definition) is 2. The first-order valence-electron chi connectivity index (χ1n) is 7.73. The summed E-state index contributed by atoms with van der Waals surface area (Å²) in [6.45, 7) is 8.65. The predicted octanol–water partition coefficient (Wildman–Crippen LogP) is 2.29. The second-order valence-electron chi connectivity index (χ2n) is 5.36. The van der Waals surface area contributed by atoms with Crippen molar-refractivity contribution in [2.24, 2.45) is 0 Å². The fourth-order valence-electron chi connectivity index (χ4n) is 2.62. The maximum atomic E-state index is 4.73. The van der Waals surface area contributed by atoms with E-state index in [1.54, 1.807) is 0 Å². The molecule has 1 aromatic rings. The van der Waals surface area contributed by atoms with Crippen molar-refractivity contribution in [3.05, 3.63) is 5.82 Å². The number of nitrogens with one attached hydrogen (secondary N) is 2. The van der Waals surface area contributed by atoms with Gasteiger partial charge in [0.1, 0.15) is 5.82 Å². The Hall–Kier alpha value is -1.10. The number of anilines is 1. The molecule has 19 heavy (non-hydrogen) atoms. The van der Waals surface area contributed by atoms with Crippen molar-refractivity contribution < 1.29 is 0 Å². The molecule has 0 amide bonds. The maximum absolute atomic E-state index is 4.73. The van der Waals surface area contributed by atoms with Gasteiger partial charge in [0, 0.05) is 25.6 Å². The molecular weight excluding hydrogens is 238 g/mol. The van der Waals surface area contributed by atoms with Crippen LogP contribution in [0.4, 0.5) is 5.95 Å². The molecule has 108 valence electrons. The van der Waals surface area contributed by atoms with Crippen LogP contribution < -0.4 is 10.2 Å². The molecule has 1 aliphatic heterocycles. The Bertz CT molecular complexity index is 354. The van der Waals surface area contributed by atoms with Crippen molar-refractivity contribution in [2.45, 2.75) is 51.9 Å². The van der Waals surface area contributed by atoms with Crippen LogP contribution in [0, 0.1) is 0 Å². The Morgan fingerprint density at radius 2 is 2.16 bits per heavy atom. The Morgan fingerprint density at radius 1 is 1.26 bits per heavy atom. The van der Waals surface area contributed by atoms with Gasteiger partial charge in [-0.2, -0.15) is 4.98 Å². The van der Waals surface area contributed by atoms with Crippen molar-refractivity contribution in [2.75, 3.05) is 31.1 Å². The number of nitrogens with zero attached hydrogens (tertiary/aromatic N) is 3. The molecule has 1 fully saturated rings. The second kappa shape index (κ2) is 7.48. The fraction of sp³-hybridized carbons (Fsp3) is 0.857. The van der Waals surface area contributed by atoms with Crippen molar-refractivity contribution in [3.63, 3.8) is 0 Å². The third-order valence-corrected chi connectivity index (χ3v) is 3.90. The van der Waals surface area contributed by atoms with Gasteiger partial charge in [-0.05, 0) is 25.8 Å². The van der Waals surface area contributed by atoms with Gasteiger partial charge in [-0.25, -0.2) is 0 Å². The molecule has 0 saturated carbocycles. The molecule has 1 atom stereocenters. The van der Waals surface area contributed by atoms with Gasteiger partial charge in [-0.1, -0.05) is 26.7 Å². The summed E-state index contributed by atoms with van der Waals surface area (Å²) in [7, 11) is 0. The maximum Gasteiger partial charge on any atom is 0.244 e. The van der Waals surface area contributed by atoms with Gasteiger partial charge in [0.25, 0.3) is 0 Å². The number of H-pyrrole nitrogens is 1. The standard InChI is InChI=1S/C14H27N5/c1-3-5-7-12(4-2)13-16-14(18-17-13)19-10-6-8-15-9-11-19/h12,15H,3-11H2,1-2H3,(H,16,17,18). The van der Waals surface area contributed by atoms with E-state index in [1.165, 1.54) is 19.3 Å². The molecule has 5 nitrogen and oxygen atoms in total. The summed E-state index contributed by atoms with van der Waals surface area (Å²) in [5, 5.41) is 11.0. The highest BCUT2D eigenvalue weighted by Gasteiger charge is 2.18. The molecule has 1 aromatic heterocycles. The van der Waals surface area contributed by atoms with Crippen LogP contribution in [0.5, 0.6) is 0 Å². The minimum atomic E-state index is 0.534. The van der Waals surface area contributed by atoms with Crippen LogP contribution in [-0.2, 0) is 0 Å². The fourth-order valence-corrected chi connectivity index (χ4v) is 2.62. The summed E-state index contributed by atoms with van der Waals surface area (Å²) in [5.74, 6) is 2.49. The molecule has 0 spiro atoms.